The van der Waals surface area contributed by atoms with E-state index < -0.39 is 17.7 Å². The maximum absolute atomic E-state index is 13.3. The number of aliphatic hydroxyl groups excluding tert-OH is 1. The molecule has 3 aromatic carbocycles. The van der Waals surface area contributed by atoms with Crippen LogP contribution in [0, 0.1) is 0 Å². The highest BCUT2D eigenvalue weighted by atomic mass is 32.1. The van der Waals surface area contributed by atoms with Crippen LogP contribution in [0.25, 0.3) is 16.0 Å². The summed E-state index contributed by atoms with van der Waals surface area (Å²) in [6.07, 6.45) is 0. The Kier molecular flexibility index (Phi) is 5.51. The molecule has 5 rings (SSSR count). The van der Waals surface area contributed by atoms with E-state index in [1.54, 1.807) is 74.9 Å². The Bertz CT molecular complexity index is 1440. The van der Waals surface area contributed by atoms with Gasteiger partial charge in [-0.3, -0.25) is 14.5 Å². The van der Waals surface area contributed by atoms with Crippen molar-refractivity contribution in [2.24, 2.45) is 0 Å². The van der Waals surface area contributed by atoms with Crippen LogP contribution in [0.4, 0.5) is 5.13 Å². The second-order valence-electron chi connectivity index (χ2n) is 7.64. The third kappa shape index (κ3) is 3.58. The van der Waals surface area contributed by atoms with E-state index in [4.69, 9.17) is 9.47 Å². The Morgan fingerprint density at radius 1 is 0.941 bits per heavy atom. The fourth-order valence-electron chi connectivity index (χ4n) is 4.03. The van der Waals surface area contributed by atoms with E-state index in [0.717, 1.165) is 4.70 Å². The van der Waals surface area contributed by atoms with Crippen molar-refractivity contribution in [2.75, 3.05) is 19.1 Å². The summed E-state index contributed by atoms with van der Waals surface area (Å²) in [6, 6.07) is 20.3. The van der Waals surface area contributed by atoms with Gasteiger partial charge in [-0.15, -0.1) is 0 Å². The van der Waals surface area contributed by atoms with Gasteiger partial charge in [0.1, 0.15) is 17.3 Å². The second kappa shape index (κ2) is 8.64. The van der Waals surface area contributed by atoms with E-state index in [2.05, 4.69) is 4.98 Å². The summed E-state index contributed by atoms with van der Waals surface area (Å²) in [4.78, 5) is 32.6. The van der Waals surface area contributed by atoms with Crippen molar-refractivity contribution in [2.45, 2.75) is 6.04 Å². The molecular weight excluding hydrogens is 452 g/mol. The number of anilines is 1. The van der Waals surface area contributed by atoms with Crippen LogP contribution < -0.4 is 14.4 Å². The van der Waals surface area contributed by atoms with Crippen molar-refractivity contribution >= 4 is 44.1 Å². The first kappa shape index (κ1) is 21.7. The Morgan fingerprint density at radius 2 is 1.68 bits per heavy atom. The quantitative estimate of drug-likeness (QED) is 0.251. The van der Waals surface area contributed by atoms with Gasteiger partial charge in [-0.2, -0.15) is 0 Å². The van der Waals surface area contributed by atoms with E-state index >= 15 is 0 Å². The minimum Gasteiger partial charge on any atom is -0.507 e. The van der Waals surface area contributed by atoms with E-state index in [0.29, 0.717) is 33.3 Å². The van der Waals surface area contributed by atoms with Crippen molar-refractivity contribution in [1.29, 1.82) is 0 Å². The van der Waals surface area contributed by atoms with Crippen molar-refractivity contribution in [1.82, 2.24) is 4.98 Å². The number of nitrogens with zero attached hydrogens (tertiary/aromatic N) is 2. The molecule has 0 radical (unpaired) electrons. The summed E-state index contributed by atoms with van der Waals surface area (Å²) < 4.78 is 11.5. The lowest BCUT2D eigenvalue weighted by atomic mass is 9.95. The van der Waals surface area contributed by atoms with Crippen molar-refractivity contribution < 1.29 is 24.2 Å². The molecule has 170 valence electrons. The zero-order valence-electron chi connectivity index (χ0n) is 18.4. The van der Waals surface area contributed by atoms with Gasteiger partial charge in [-0.25, -0.2) is 4.98 Å². The third-order valence-electron chi connectivity index (χ3n) is 5.69. The molecule has 34 heavy (non-hydrogen) atoms. The molecule has 7 nitrogen and oxygen atoms in total. The van der Waals surface area contributed by atoms with Gasteiger partial charge in [0.05, 0.1) is 36.1 Å². The summed E-state index contributed by atoms with van der Waals surface area (Å²) >= 11 is 1.27. The number of aliphatic hydroxyl groups is 1. The number of benzene rings is 3. The predicted octanol–water partition coefficient (Wildman–Crippen LogP) is 4.94. The standard InChI is InChI=1S/C26H20N2O5S/c1-32-17-10-6-9-16(13-17)22-21(23(29)15-7-4-3-5-8-15)24(30)25(31)28(22)26-27-19-12-11-18(33-2)14-20(19)34-26/h3-14,22,29H,1-2H3/t22-/m1/s1. The monoisotopic (exact) mass is 472 g/mol. The van der Waals surface area contributed by atoms with Crippen LogP contribution >= 0.6 is 11.3 Å². The number of methoxy groups -OCH3 is 2. The average Bonchev–Trinajstić information content (AvgIpc) is 3.41. The van der Waals surface area contributed by atoms with Gasteiger partial charge in [0.25, 0.3) is 5.78 Å². The van der Waals surface area contributed by atoms with Crippen LogP contribution in [-0.4, -0.2) is 36.0 Å². The summed E-state index contributed by atoms with van der Waals surface area (Å²) in [7, 11) is 3.12. The summed E-state index contributed by atoms with van der Waals surface area (Å²) in [5, 5.41) is 11.5. The number of Topliss-reactive ketones (excluding diaryl/α,β-unsaturated/α-hetero) is 1. The molecule has 1 aliphatic heterocycles. The predicted molar refractivity (Wildman–Crippen MR) is 130 cm³/mol. The van der Waals surface area contributed by atoms with E-state index in [9.17, 15) is 14.7 Å². The molecule has 8 heteroatoms. The summed E-state index contributed by atoms with van der Waals surface area (Å²) in [6.45, 7) is 0. The molecule has 1 saturated heterocycles. The lowest BCUT2D eigenvalue weighted by Crippen LogP contribution is -2.29. The zero-order valence-corrected chi connectivity index (χ0v) is 19.2. The fraction of sp³-hybridized carbons (Fsp3) is 0.115. The highest BCUT2D eigenvalue weighted by Crippen LogP contribution is 2.45. The smallest absolute Gasteiger partial charge is 0.301 e. The Labute approximate surface area is 199 Å². The molecule has 1 atom stereocenters. The molecule has 1 aliphatic rings. The SMILES string of the molecule is COc1cccc([C@@H]2C(=C(O)c3ccccc3)C(=O)C(=O)N2c2nc3ccc(OC)cc3s2)c1. The molecule has 4 aromatic rings. The average molecular weight is 473 g/mol. The molecule has 2 heterocycles. The number of rotatable bonds is 5. The number of hydrogen-bond acceptors (Lipinski definition) is 7. The van der Waals surface area contributed by atoms with Gasteiger partial charge in [-0.1, -0.05) is 53.8 Å². The molecule has 1 aromatic heterocycles. The lowest BCUT2D eigenvalue weighted by molar-refractivity contribution is -0.132. The molecule has 0 spiro atoms. The normalized spacial score (nSPS) is 17.4. The van der Waals surface area contributed by atoms with Crippen LogP contribution in [0.1, 0.15) is 17.2 Å². The van der Waals surface area contributed by atoms with Crippen LogP contribution in [0.5, 0.6) is 11.5 Å². The zero-order chi connectivity index (χ0) is 23.8. The summed E-state index contributed by atoms with van der Waals surface area (Å²) in [5.74, 6) is -0.533. The first-order chi connectivity index (χ1) is 16.5. The maximum atomic E-state index is 13.3. The van der Waals surface area contributed by atoms with Crippen molar-refractivity contribution in [3.8, 4) is 11.5 Å². The topological polar surface area (TPSA) is 89.0 Å². The molecule has 1 N–H and O–H groups in total. The van der Waals surface area contributed by atoms with Gasteiger partial charge in [0.15, 0.2) is 5.13 Å². The Balaban J connectivity index is 1.73. The third-order valence-corrected chi connectivity index (χ3v) is 6.71. The minimum absolute atomic E-state index is 0.00119. The van der Waals surface area contributed by atoms with Crippen LogP contribution in [0.2, 0.25) is 0 Å². The molecule has 1 amide bonds. The Hall–Kier alpha value is -4.17. The first-order valence-electron chi connectivity index (χ1n) is 10.5. The van der Waals surface area contributed by atoms with Crippen molar-refractivity contribution in [3.05, 3.63) is 89.5 Å². The molecule has 0 unspecified atom stereocenters. The fourth-order valence-corrected chi connectivity index (χ4v) is 5.05. The molecule has 0 saturated carbocycles. The maximum Gasteiger partial charge on any atom is 0.301 e. The number of ketones is 1. The largest absolute Gasteiger partial charge is 0.507 e. The number of fused-ring (bicyclic) bond motifs is 1. The molecule has 1 fully saturated rings. The summed E-state index contributed by atoms with van der Waals surface area (Å²) in [5.41, 5.74) is 1.74. The van der Waals surface area contributed by atoms with Gasteiger partial charge in [0.2, 0.25) is 0 Å². The van der Waals surface area contributed by atoms with Crippen LogP contribution in [0.15, 0.2) is 78.4 Å². The first-order valence-corrected chi connectivity index (χ1v) is 11.3. The number of hydrogen-bond donors (Lipinski definition) is 1. The van der Waals surface area contributed by atoms with E-state index in [-0.39, 0.29) is 11.3 Å². The lowest BCUT2D eigenvalue weighted by Gasteiger charge is -2.23. The molecule has 0 aliphatic carbocycles. The highest BCUT2D eigenvalue weighted by molar-refractivity contribution is 7.22. The van der Waals surface area contributed by atoms with Gasteiger partial charge in [-0.05, 0) is 35.9 Å². The van der Waals surface area contributed by atoms with Gasteiger partial charge in [0, 0.05) is 5.56 Å². The molecular formula is C26H20N2O5S. The number of aromatic nitrogens is 1. The van der Waals surface area contributed by atoms with Gasteiger partial charge < -0.3 is 14.6 Å². The Morgan fingerprint density at radius 3 is 2.41 bits per heavy atom. The second-order valence-corrected chi connectivity index (χ2v) is 8.65. The van der Waals surface area contributed by atoms with Crippen LogP contribution in [-0.2, 0) is 9.59 Å². The van der Waals surface area contributed by atoms with E-state index in [1.807, 2.05) is 12.1 Å². The highest BCUT2D eigenvalue weighted by Gasteiger charge is 2.48. The van der Waals surface area contributed by atoms with Gasteiger partial charge >= 0.3 is 5.91 Å². The number of carbonyl (C=O) groups excluding carboxylic acids is 2. The minimum atomic E-state index is -0.877. The van der Waals surface area contributed by atoms with Crippen LogP contribution in [0.3, 0.4) is 0 Å². The number of ether oxygens (including phenoxy) is 2. The molecule has 0 bridgehead atoms. The number of thiazole rings is 1. The van der Waals surface area contributed by atoms with Crippen molar-refractivity contribution in [3.63, 3.8) is 0 Å². The number of amides is 1. The van der Waals surface area contributed by atoms with E-state index in [1.165, 1.54) is 16.2 Å². The number of carbonyl (C=O) groups is 2.